The fourth-order valence-corrected chi connectivity index (χ4v) is 2.49. The third kappa shape index (κ3) is 3.59. The highest BCUT2D eigenvalue weighted by Gasteiger charge is 2.22. The molecule has 0 spiro atoms. The first-order valence-electron chi connectivity index (χ1n) is 7.17. The lowest BCUT2D eigenvalue weighted by molar-refractivity contribution is -0.384. The molecule has 21 heavy (non-hydrogen) atoms. The number of aromatic nitrogens is 1. The highest BCUT2D eigenvalue weighted by Crippen LogP contribution is 2.24. The Labute approximate surface area is 124 Å². The van der Waals surface area contributed by atoms with Gasteiger partial charge in [-0.25, -0.2) is 10.8 Å². The summed E-state index contributed by atoms with van der Waals surface area (Å²) in [5.41, 5.74) is 2.38. The normalized spacial score (nSPS) is 17.6. The Morgan fingerprint density at radius 3 is 2.62 bits per heavy atom. The van der Waals surface area contributed by atoms with Gasteiger partial charge in [-0.2, -0.15) is 0 Å². The SMILES string of the molecule is CCC(C)N1CCN(c2cc([N+](=O)[O-])cc(NN)n2)CC1. The van der Waals surface area contributed by atoms with E-state index in [-0.39, 0.29) is 5.69 Å². The molecule has 1 aliphatic heterocycles. The van der Waals surface area contributed by atoms with E-state index in [1.54, 1.807) is 0 Å². The standard InChI is InChI=1S/C13H22N6O2/c1-3-10(2)17-4-6-18(7-5-17)13-9-11(19(20)21)8-12(15-13)16-14/h8-10H,3-7,14H2,1-2H3,(H,15,16). The van der Waals surface area contributed by atoms with E-state index in [1.165, 1.54) is 12.1 Å². The van der Waals surface area contributed by atoms with Crippen LogP contribution >= 0.6 is 0 Å². The molecule has 3 N–H and O–H groups in total. The Bertz CT molecular complexity index is 501. The van der Waals surface area contributed by atoms with E-state index in [9.17, 15) is 10.1 Å². The maximum Gasteiger partial charge on any atom is 0.276 e. The van der Waals surface area contributed by atoms with E-state index < -0.39 is 4.92 Å². The zero-order valence-electron chi connectivity index (χ0n) is 12.5. The van der Waals surface area contributed by atoms with Crippen LogP contribution in [0.2, 0.25) is 0 Å². The second kappa shape index (κ2) is 6.68. The summed E-state index contributed by atoms with van der Waals surface area (Å²) in [4.78, 5) is 19.3. The molecule has 116 valence electrons. The number of pyridine rings is 1. The molecule has 0 radical (unpaired) electrons. The Morgan fingerprint density at radius 2 is 2.10 bits per heavy atom. The van der Waals surface area contributed by atoms with Crippen molar-refractivity contribution in [1.82, 2.24) is 9.88 Å². The molecule has 1 aromatic rings. The second-order valence-electron chi connectivity index (χ2n) is 5.25. The third-order valence-corrected chi connectivity index (χ3v) is 4.01. The highest BCUT2D eigenvalue weighted by molar-refractivity contribution is 5.55. The quantitative estimate of drug-likeness (QED) is 0.478. The van der Waals surface area contributed by atoms with Crippen molar-refractivity contribution >= 4 is 17.3 Å². The van der Waals surface area contributed by atoms with Crippen molar-refractivity contribution in [3.8, 4) is 0 Å². The average molecular weight is 294 g/mol. The van der Waals surface area contributed by atoms with Crippen molar-refractivity contribution in [2.24, 2.45) is 5.84 Å². The molecule has 1 aromatic heterocycles. The van der Waals surface area contributed by atoms with Crippen LogP contribution in [0.3, 0.4) is 0 Å². The second-order valence-corrected chi connectivity index (χ2v) is 5.25. The number of nitrogens with two attached hydrogens (primary N) is 1. The summed E-state index contributed by atoms with van der Waals surface area (Å²) < 4.78 is 0. The monoisotopic (exact) mass is 294 g/mol. The van der Waals surface area contributed by atoms with Crippen LogP contribution in [0.5, 0.6) is 0 Å². The van der Waals surface area contributed by atoms with Crippen LogP contribution < -0.4 is 16.2 Å². The zero-order valence-corrected chi connectivity index (χ0v) is 12.5. The Hall–Kier alpha value is -1.93. The molecule has 1 aliphatic rings. The Balaban J connectivity index is 2.12. The number of nitrogen functional groups attached to an aromatic ring is 1. The highest BCUT2D eigenvalue weighted by atomic mass is 16.6. The first kappa shape index (κ1) is 15.5. The lowest BCUT2D eigenvalue weighted by Gasteiger charge is -2.38. The van der Waals surface area contributed by atoms with E-state index in [2.05, 4.69) is 34.1 Å². The zero-order chi connectivity index (χ0) is 15.4. The minimum Gasteiger partial charge on any atom is -0.354 e. The molecule has 2 rings (SSSR count). The average Bonchev–Trinajstić information content (AvgIpc) is 2.53. The van der Waals surface area contributed by atoms with Gasteiger partial charge in [-0.15, -0.1) is 0 Å². The van der Waals surface area contributed by atoms with Crippen LogP contribution in [0.15, 0.2) is 12.1 Å². The largest absolute Gasteiger partial charge is 0.354 e. The molecular weight excluding hydrogens is 272 g/mol. The topological polar surface area (TPSA) is 101 Å². The number of anilines is 2. The molecule has 0 aliphatic carbocycles. The summed E-state index contributed by atoms with van der Waals surface area (Å²) in [5, 5.41) is 11.0. The predicted molar refractivity (Wildman–Crippen MR) is 82.2 cm³/mol. The maximum atomic E-state index is 11.0. The van der Waals surface area contributed by atoms with Gasteiger partial charge in [0.15, 0.2) is 0 Å². The molecule has 1 fully saturated rings. The number of hydrogen-bond acceptors (Lipinski definition) is 7. The van der Waals surface area contributed by atoms with Gasteiger partial charge in [-0.3, -0.25) is 15.0 Å². The van der Waals surface area contributed by atoms with Gasteiger partial charge in [0.05, 0.1) is 17.1 Å². The minimum atomic E-state index is -0.429. The molecule has 1 atom stereocenters. The van der Waals surface area contributed by atoms with Gasteiger partial charge in [-0.1, -0.05) is 6.92 Å². The molecule has 1 unspecified atom stereocenters. The van der Waals surface area contributed by atoms with Gasteiger partial charge in [0, 0.05) is 32.2 Å². The minimum absolute atomic E-state index is 0.00249. The lowest BCUT2D eigenvalue weighted by Crippen LogP contribution is -2.49. The number of nitrogens with one attached hydrogen (secondary N) is 1. The van der Waals surface area contributed by atoms with Crippen LogP contribution in [0.1, 0.15) is 20.3 Å². The molecule has 8 nitrogen and oxygen atoms in total. The van der Waals surface area contributed by atoms with E-state index in [1.807, 2.05) is 0 Å². The van der Waals surface area contributed by atoms with Crippen LogP contribution in [0, 0.1) is 10.1 Å². The molecular formula is C13H22N6O2. The molecule has 8 heteroatoms. The summed E-state index contributed by atoms with van der Waals surface area (Å²) in [6.07, 6.45) is 1.12. The smallest absolute Gasteiger partial charge is 0.276 e. The Kier molecular flexibility index (Phi) is 4.92. The molecule has 0 bridgehead atoms. The van der Waals surface area contributed by atoms with Gasteiger partial charge >= 0.3 is 0 Å². The summed E-state index contributed by atoms with van der Waals surface area (Å²) >= 11 is 0. The number of rotatable bonds is 5. The van der Waals surface area contributed by atoms with Gasteiger partial charge in [0.1, 0.15) is 11.6 Å². The summed E-state index contributed by atoms with van der Waals surface area (Å²) in [7, 11) is 0. The van der Waals surface area contributed by atoms with Crippen LogP contribution in [-0.2, 0) is 0 Å². The van der Waals surface area contributed by atoms with Gasteiger partial charge in [0.25, 0.3) is 5.69 Å². The molecule has 2 heterocycles. The first-order valence-corrected chi connectivity index (χ1v) is 7.17. The number of nitrogens with zero attached hydrogens (tertiary/aromatic N) is 4. The van der Waals surface area contributed by atoms with E-state index in [0.29, 0.717) is 17.7 Å². The van der Waals surface area contributed by atoms with Crippen LogP contribution in [0.4, 0.5) is 17.3 Å². The third-order valence-electron chi connectivity index (χ3n) is 4.01. The van der Waals surface area contributed by atoms with Crippen molar-refractivity contribution in [2.45, 2.75) is 26.3 Å². The van der Waals surface area contributed by atoms with Crippen molar-refractivity contribution in [2.75, 3.05) is 36.5 Å². The molecule has 0 aromatic carbocycles. The van der Waals surface area contributed by atoms with E-state index in [4.69, 9.17) is 5.84 Å². The van der Waals surface area contributed by atoms with Crippen molar-refractivity contribution in [3.05, 3.63) is 22.2 Å². The van der Waals surface area contributed by atoms with Gasteiger partial charge in [0.2, 0.25) is 0 Å². The van der Waals surface area contributed by atoms with E-state index in [0.717, 1.165) is 32.6 Å². The van der Waals surface area contributed by atoms with Crippen molar-refractivity contribution in [3.63, 3.8) is 0 Å². The summed E-state index contributed by atoms with van der Waals surface area (Å²) in [5.74, 6) is 6.24. The van der Waals surface area contributed by atoms with Crippen molar-refractivity contribution < 1.29 is 4.92 Å². The maximum absolute atomic E-state index is 11.0. The van der Waals surface area contributed by atoms with Crippen LogP contribution in [-0.4, -0.2) is 47.0 Å². The molecule has 0 saturated carbocycles. The summed E-state index contributed by atoms with van der Waals surface area (Å²) in [6, 6.07) is 3.39. The summed E-state index contributed by atoms with van der Waals surface area (Å²) in [6.45, 7) is 7.89. The fraction of sp³-hybridized carbons (Fsp3) is 0.615. The van der Waals surface area contributed by atoms with Gasteiger partial charge < -0.3 is 10.3 Å². The van der Waals surface area contributed by atoms with E-state index >= 15 is 0 Å². The number of hydrazine groups is 1. The van der Waals surface area contributed by atoms with Crippen molar-refractivity contribution in [1.29, 1.82) is 0 Å². The predicted octanol–water partition coefficient (Wildman–Crippen LogP) is 1.20. The first-order chi connectivity index (χ1) is 10.0. The number of hydrogen-bond donors (Lipinski definition) is 2. The molecule has 1 saturated heterocycles. The van der Waals surface area contributed by atoms with Gasteiger partial charge in [-0.05, 0) is 13.3 Å². The Morgan fingerprint density at radius 1 is 1.43 bits per heavy atom. The number of nitro groups is 1. The molecule has 0 amide bonds. The fourth-order valence-electron chi connectivity index (χ4n) is 2.49. The number of piperazine rings is 1. The van der Waals surface area contributed by atoms with Crippen LogP contribution in [0.25, 0.3) is 0 Å². The lowest BCUT2D eigenvalue weighted by atomic mass is 10.2.